The highest BCUT2D eigenvalue weighted by Gasteiger charge is 2.07. The summed E-state index contributed by atoms with van der Waals surface area (Å²) in [6.45, 7) is 4.71. The molecule has 0 radical (unpaired) electrons. The Kier molecular flexibility index (Phi) is 4.12. The van der Waals surface area contributed by atoms with E-state index in [1.807, 2.05) is 44.7 Å². The number of aromatic nitrogens is 3. The van der Waals surface area contributed by atoms with Crippen molar-refractivity contribution in [2.75, 3.05) is 0 Å². The molecule has 0 aliphatic carbocycles. The minimum absolute atomic E-state index is 0.227. The quantitative estimate of drug-likeness (QED) is 0.529. The molecule has 0 unspecified atom stereocenters. The van der Waals surface area contributed by atoms with Crippen molar-refractivity contribution in [3.05, 3.63) is 78.9 Å². The molecule has 2 aromatic heterocycles. The lowest BCUT2D eigenvalue weighted by Gasteiger charge is -2.09. The number of fused-ring (bicyclic) bond motifs is 1. The van der Waals surface area contributed by atoms with E-state index in [4.69, 9.17) is 4.74 Å². The number of ether oxygens (including phenoxy) is 1. The van der Waals surface area contributed by atoms with Crippen LogP contribution in [0.4, 0.5) is 0 Å². The predicted octanol–water partition coefficient (Wildman–Crippen LogP) is 4.74. The molecule has 4 heteroatoms. The Morgan fingerprint density at radius 1 is 0.960 bits per heavy atom. The summed E-state index contributed by atoms with van der Waals surface area (Å²) in [4.78, 5) is 4.58. The van der Waals surface area contributed by atoms with Gasteiger partial charge in [0.05, 0.1) is 23.7 Å². The molecular formula is C21H21N3O. The van der Waals surface area contributed by atoms with Crippen LogP contribution in [0.3, 0.4) is 0 Å². The summed E-state index contributed by atoms with van der Waals surface area (Å²) in [6, 6.07) is 18.8. The second kappa shape index (κ2) is 6.57. The van der Waals surface area contributed by atoms with Crippen molar-refractivity contribution in [2.24, 2.45) is 0 Å². The minimum Gasteiger partial charge on any atom is -0.374 e. The van der Waals surface area contributed by atoms with Crippen molar-refractivity contribution in [2.45, 2.75) is 26.6 Å². The second-order valence-electron chi connectivity index (χ2n) is 6.41. The Labute approximate surface area is 147 Å². The van der Waals surface area contributed by atoms with E-state index in [-0.39, 0.29) is 6.10 Å². The standard InChI is InChI=1S/C21H21N3O/c1-16(2)25-14-17-8-9-21-20(12-17)22-15-24(21)19-7-5-6-18(13-19)23-10-3-4-11-23/h3-13,15-16H,14H2,1-2H3. The van der Waals surface area contributed by atoms with Crippen LogP contribution in [0.2, 0.25) is 0 Å². The molecule has 0 saturated carbocycles. The topological polar surface area (TPSA) is 32.0 Å². The van der Waals surface area contributed by atoms with Crippen molar-refractivity contribution in [1.29, 1.82) is 0 Å². The molecule has 2 heterocycles. The number of hydrogen-bond acceptors (Lipinski definition) is 2. The van der Waals surface area contributed by atoms with Gasteiger partial charge in [0, 0.05) is 23.8 Å². The van der Waals surface area contributed by atoms with Gasteiger partial charge in [-0.05, 0) is 61.9 Å². The van der Waals surface area contributed by atoms with Crippen LogP contribution in [-0.2, 0) is 11.3 Å². The summed E-state index contributed by atoms with van der Waals surface area (Å²) >= 11 is 0. The van der Waals surface area contributed by atoms with Gasteiger partial charge in [-0.25, -0.2) is 4.98 Å². The van der Waals surface area contributed by atoms with Gasteiger partial charge in [-0.1, -0.05) is 12.1 Å². The molecule has 0 aliphatic rings. The third-order valence-corrected chi connectivity index (χ3v) is 4.21. The molecule has 0 atom stereocenters. The lowest BCUT2D eigenvalue weighted by molar-refractivity contribution is 0.0657. The van der Waals surface area contributed by atoms with Gasteiger partial charge in [-0.2, -0.15) is 0 Å². The van der Waals surface area contributed by atoms with Gasteiger partial charge in [-0.3, -0.25) is 4.57 Å². The van der Waals surface area contributed by atoms with Crippen molar-refractivity contribution >= 4 is 11.0 Å². The van der Waals surface area contributed by atoms with Crippen LogP contribution in [0.5, 0.6) is 0 Å². The lowest BCUT2D eigenvalue weighted by Crippen LogP contribution is -2.02. The zero-order valence-electron chi connectivity index (χ0n) is 14.5. The first kappa shape index (κ1) is 15.7. The third-order valence-electron chi connectivity index (χ3n) is 4.21. The van der Waals surface area contributed by atoms with Gasteiger partial charge >= 0.3 is 0 Å². The molecular weight excluding hydrogens is 310 g/mol. The van der Waals surface area contributed by atoms with Gasteiger partial charge in [0.25, 0.3) is 0 Å². The maximum atomic E-state index is 5.69. The van der Waals surface area contributed by atoms with E-state index in [2.05, 4.69) is 56.6 Å². The molecule has 4 aromatic rings. The van der Waals surface area contributed by atoms with Crippen LogP contribution in [0.25, 0.3) is 22.4 Å². The summed E-state index contributed by atoms with van der Waals surface area (Å²) in [5.41, 5.74) is 5.45. The van der Waals surface area contributed by atoms with E-state index in [9.17, 15) is 0 Å². The summed E-state index contributed by atoms with van der Waals surface area (Å²) in [5, 5.41) is 0. The van der Waals surface area contributed by atoms with E-state index >= 15 is 0 Å². The van der Waals surface area contributed by atoms with Gasteiger partial charge in [0.2, 0.25) is 0 Å². The second-order valence-corrected chi connectivity index (χ2v) is 6.41. The largest absolute Gasteiger partial charge is 0.374 e. The van der Waals surface area contributed by atoms with Gasteiger partial charge < -0.3 is 9.30 Å². The Hall–Kier alpha value is -2.85. The highest BCUT2D eigenvalue weighted by atomic mass is 16.5. The van der Waals surface area contributed by atoms with Crippen LogP contribution in [0.1, 0.15) is 19.4 Å². The van der Waals surface area contributed by atoms with Crippen LogP contribution < -0.4 is 0 Å². The third kappa shape index (κ3) is 3.21. The summed E-state index contributed by atoms with van der Waals surface area (Å²) in [7, 11) is 0. The number of benzene rings is 2. The summed E-state index contributed by atoms with van der Waals surface area (Å²) in [6.07, 6.45) is 6.20. The molecule has 0 spiro atoms. The summed E-state index contributed by atoms with van der Waals surface area (Å²) < 4.78 is 9.91. The first-order chi connectivity index (χ1) is 12.2. The lowest BCUT2D eigenvalue weighted by atomic mass is 10.2. The Bertz CT molecular complexity index is 983. The van der Waals surface area contributed by atoms with E-state index in [1.54, 1.807) is 0 Å². The molecule has 0 saturated heterocycles. The predicted molar refractivity (Wildman–Crippen MR) is 100 cm³/mol. The van der Waals surface area contributed by atoms with Crippen molar-refractivity contribution in [3.8, 4) is 11.4 Å². The molecule has 0 aliphatic heterocycles. The maximum Gasteiger partial charge on any atom is 0.100 e. The van der Waals surface area contributed by atoms with Crippen molar-refractivity contribution in [3.63, 3.8) is 0 Å². The van der Waals surface area contributed by atoms with Gasteiger partial charge in [-0.15, -0.1) is 0 Å². The van der Waals surface area contributed by atoms with Gasteiger partial charge in [0.15, 0.2) is 0 Å². The van der Waals surface area contributed by atoms with E-state index in [1.165, 1.54) is 0 Å². The van der Waals surface area contributed by atoms with Gasteiger partial charge in [0.1, 0.15) is 6.33 Å². The zero-order chi connectivity index (χ0) is 17.2. The molecule has 25 heavy (non-hydrogen) atoms. The van der Waals surface area contributed by atoms with Crippen LogP contribution in [-0.4, -0.2) is 20.2 Å². The van der Waals surface area contributed by atoms with Crippen LogP contribution in [0.15, 0.2) is 73.3 Å². The molecule has 0 fully saturated rings. The molecule has 0 amide bonds. The maximum absolute atomic E-state index is 5.69. The van der Waals surface area contributed by atoms with Crippen LogP contribution in [0, 0.1) is 0 Å². The zero-order valence-corrected chi connectivity index (χ0v) is 14.5. The van der Waals surface area contributed by atoms with Crippen molar-refractivity contribution in [1.82, 2.24) is 14.1 Å². The smallest absolute Gasteiger partial charge is 0.100 e. The summed E-state index contributed by atoms with van der Waals surface area (Å²) in [5.74, 6) is 0. The highest BCUT2D eigenvalue weighted by Crippen LogP contribution is 2.22. The van der Waals surface area contributed by atoms with E-state index in [0.29, 0.717) is 6.61 Å². The fraction of sp³-hybridized carbons (Fsp3) is 0.190. The Morgan fingerprint density at radius 3 is 2.56 bits per heavy atom. The monoisotopic (exact) mass is 331 g/mol. The van der Waals surface area contributed by atoms with Crippen molar-refractivity contribution < 1.29 is 4.74 Å². The highest BCUT2D eigenvalue weighted by molar-refractivity contribution is 5.78. The molecule has 0 bridgehead atoms. The number of rotatable bonds is 5. The minimum atomic E-state index is 0.227. The number of imidazole rings is 1. The molecule has 126 valence electrons. The van der Waals surface area contributed by atoms with E-state index in [0.717, 1.165) is 28.0 Å². The Balaban J connectivity index is 1.69. The normalized spacial score (nSPS) is 11.5. The molecule has 0 N–H and O–H groups in total. The number of nitrogens with zero attached hydrogens (tertiary/aromatic N) is 3. The fourth-order valence-electron chi connectivity index (χ4n) is 2.93. The first-order valence-corrected chi connectivity index (χ1v) is 8.52. The van der Waals surface area contributed by atoms with E-state index < -0.39 is 0 Å². The Morgan fingerprint density at radius 2 is 1.76 bits per heavy atom. The molecule has 4 rings (SSSR count). The average molecular weight is 331 g/mol. The molecule has 4 nitrogen and oxygen atoms in total. The average Bonchev–Trinajstić information content (AvgIpc) is 3.29. The number of hydrogen-bond donors (Lipinski definition) is 0. The first-order valence-electron chi connectivity index (χ1n) is 8.52. The SMILES string of the molecule is CC(C)OCc1ccc2c(c1)ncn2-c1cccc(-n2cccc2)c1. The molecule has 2 aromatic carbocycles. The fourth-order valence-corrected chi connectivity index (χ4v) is 2.93. The van der Waals surface area contributed by atoms with Crippen LogP contribution >= 0.6 is 0 Å².